The zero-order chi connectivity index (χ0) is 16.6. The van der Waals surface area contributed by atoms with Crippen LogP contribution in [0, 0.1) is 0 Å². The van der Waals surface area contributed by atoms with Gasteiger partial charge in [-0.15, -0.1) is 0 Å². The van der Waals surface area contributed by atoms with Gasteiger partial charge in [0.2, 0.25) is 0 Å². The summed E-state index contributed by atoms with van der Waals surface area (Å²) >= 11 is 12.4. The first kappa shape index (κ1) is 16.3. The van der Waals surface area contributed by atoms with Gasteiger partial charge in [0.25, 0.3) is 0 Å². The van der Waals surface area contributed by atoms with Gasteiger partial charge in [0.1, 0.15) is 11.3 Å². The number of aromatic nitrogens is 1. The van der Waals surface area contributed by atoms with E-state index in [1.165, 1.54) is 14.2 Å². The number of esters is 1. The number of hydrogen-bond donors (Lipinski definition) is 0. The van der Waals surface area contributed by atoms with Crippen LogP contribution in [0.3, 0.4) is 0 Å². The second-order valence-electron chi connectivity index (χ2n) is 5.01. The van der Waals surface area contributed by atoms with Crippen molar-refractivity contribution in [3.63, 3.8) is 0 Å². The van der Waals surface area contributed by atoms with Crippen LogP contribution in [0.25, 0.3) is 11.3 Å². The Bertz CT molecular complexity index is 729. The average Bonchev–Trinajstić information content (AvgIpc) is 2.91. The molecule has 0 N–H and O–H groups in total. The summed E-state index contributed by atoms with van der Waals surface area (Å²) in [7, 11) is 2.78. The summed E-state index contributed by atoms with van der Waals surface area (Å²) in [6.07, 6.45) is 0. The molecular weight excluding hydrogens is 345 g/mol. The minimum Gasteiger partial charge on any atom is -0.465 e. The van der Waals surface area contributed by atoms with E-state index in [1.54, 1.807) is 18.2 Å². The molecule has 1 aliphatic heterocycles. The highest BCUT2D eigenvalue weighted by Gasteiger charge is 2.48. The monoisotopic (exact) mass is 357 g/mol. The molecule has 0 unspecified atom stereocenters. The summed E-state index contributed by atoms with van der Waals surface area (Å²) in [5, 5.41) is 4.68. The van der Waals surface area contributed by atoms with Gasteiger partial charge in [-0.1, -0.05) is 34.4 Å². The van der Waals surface area contributed by atoms with E-state index >= 15 is 0 Å². The van der Waals surface area contributed by atoms with Crippen molar-refractivity contribution < 1.29 is 23.5 Å². The minimum atomic E-state index is -0.873. The van der Waals surface area contributed by atoms with Gasteiger partial charge >= 0.3 is 5.97 Å². The molecule has 8 heteroatoms. The van der Waals surface area contributed by atoms with Crippen molar-refractivity contribution in [1.29, 1.82) is 0 Å². The first-order valence-corrected chi connectivity index (χ1v) is 7.45. The molecule has 3 rings (SSSR count). The maximum atomic E-state index is 12.3. The summed E-state index contributed by atoms with van der Waals surface area (Å²) in [5.41, 5.74) is -0.126. The van der Waals surface area contributed by atoms with Crippen molar-refractivity contribution >= 4 is 29.2 Å². The lowest BCUT2D eigenvalue weighted by Gasteiger charge is -2.37. The van der Waals surface area contributed by atoms with E-state index in [1.807, 2.05) is 0 Å². The van der Waals surface area contributed by atoms with Crippen LogP contribution in [-0.4, -0.2) is 38.6 Å². The number of ether oxygens (including phenoxy) is 3. The number of nitrogens with zero attached hydrogens (tertiary/aromatic N) is 1. The van der Waals surface area contributed by atoms with Gasteiger partial charge in [0, 0.05) is 12.7 Å². The molecule has 0 bridgehead atoms. The molecule has 2 aromatic rings. The van der Waals surface area contributed by atoms with Gasteiger partial charge in [-0.3, -0.25) is 0 Å². The van der Waals surface area contributed by atoms with Crippen molar-refractivity contribution in [3.8, 4) is 11.3 Å². The predicted molar refractivity (Wildman–Crippen MR) is 82.8 cm³/mol. The fraction of sp³-hybridized carbons (Fsp3) is 0.333. The summed E-state index contributed by atoms with van der Waals surface area (Å²) < 4.78 is 20.9. The third-order valence-electron chi connectivity index (χ3n) is 3.76. The van der Waals surface area contributed by atoms with Crippen molar-refractivity contribution in [2.24, 2.45) is 0 Å². The SMILES string of the molecule is COC(=O)c1c(-c2c(Cl)cccc2Cl)noc1C1(OC)COC1. The Kier molecular flexibility index (Phi) is 4.33. The van der Waals surface area contributed by atoms with E-state index in [0.717, 1.165) is 0 Å². The lowest BCUT2D eigenvalue weighted by Crippen LogP contribution is -2.48. The molecule has 0 aliphatic carbocycles. The smallest absolute Gasteiger partial charge is 0.343 e. The minimum absolute atomic E-state index is 0.132. The highest BCUT2D eigenvalue weighted by Crippen LogP contribution is 2.42. The van der Waals surface area contributed by atoms with Gasteiger partial charge in [0.15, 0.2) is 11.4 Å². The van der Waals surface area contributed by atoms with Crippen LogP contribution in [0.5, 0.6) is 0 Å². The third kappa shape index (κ3) is 2.52. The first-order chi connectivity index (χ1) is 11.0. The van der Waals surface area contributed by atoms with E-state index in [0.29, 0.717) is 15.6 Å². The average molecular weight is 358 g/mol. The molecule has 6 nitrogen and oxygen atoms in total. The van der Waals surface area contributed by atoms with Crippen molar-refractivity contribution in [1.82, 2.24) is 5.16 Å². The number of benzene rings is 1. The topological polar surface area (TPSA) is 70.8 Å². The van der Waals surface area contributed by atoms with E-state index in [9.17, 15) is 4.79 Å². The lowest BCUT2D eigenvalue weighted by molar-refractivity contribution is -0.213. The second kappa shape index (κ2) is 6.13. The maximum Gasteiger partial charge on any atom is 0.343 e. The Balaban J connectivity index is 2.23. The van der Waals surface area contributed by atoms with Crippen LogP contribution < -0.4 is 0 Å². The molecule has 0 atom stereocenters. The van der Waals surface area contributed by atoms with E-state index in [4.69, 9.17) is 41.9 Å². The van der Waals surface area contributed by atoms with E-state index in [-0.39, 0.29) is 30.2 Å². The normalized spacial score (nSPS) is 16.0. The molecule has 1 aromatic heterocycles. The standard InChI is InChI=1S/C15H13Cl2NO5/c1-20-14(19)11-12(10-8(16)4-3-5-9(10)17)18-23-13(11)15(21-2)6-22-7-15/h3-5H,6-7H2,1-2H3. The quantitative estimate of drug-likeness (QED) is 0.781. The highest BCUT2D eigenvalue weighted by atomic mass is 35.5. The second-order valence-corrected chi connectivity index (χ2v) is 5.83. The molecule has 122 valence electrons. The van der Waals surface area contributed by atoms with E-state index < -0.39 is 11.6 Å². The molecule has 1 aliphatic rings. The van der Waals surface area contributed by atoms with Crippen LogP contribution in [0.15, 0.2) is 22.7 Å². The molecule has 0 saturated carbocycles. The molecule has 0 amide bonds. The molecule has 1 fully saturated rings. The van der Waals surface area contributed by atoms with Crippen LogP contribution in [0.1, 0.15) is 16.1 Å². The van der Waals surface area contributed by atoms with Crippen molar-refractivity contribution in [2.45, 2.75) is 5.60 Å². The third-order valence-corrected chi connectivity index (χ3v) is 4.39. The fourth-order valence-corrected chi connectivity index (χ4v) is 2.99. The molecule has 1 aromatic carbocycles. The number of carbonyl (C=O) groups excluding carboxylic acids is 1. The largest absolute Gasteiger partial charge is 0.465 e. The van der Waals surface area contributed by atoms with E-state index in [2.05, 4.69) is 5.16 Å². The van der Waals surface area contributed by atoms with Gasteiger partial charge in [-0.05, 0) is 12.1 Å². The summed E-state index contributed by atoms with van der Waals surface area (Å²) in [5.74, 6) is -0.375. The zero-order valence-electron chi connectivity index (χ0n) is 12.4. The van der Waals surface area contributed by atoms with Gasteiger partial charge in [-0.25, -0.2) is 4.79 Å². The molecule has 2 heterocycles. The Morgan fingerprint density at radius 1 is 1.26 bits per heavy atom. The molecule has 0 radical (unpaired) electrons. The Hall–Kier alpha value is -1.60. The van der Waals surface area contributed by atoms with Gasteiger partial charge in [-0.2, -0.15) is 0 Å². The van der Waals surface area contributed by atoms with Gasteiger partial charge < -0.3 is 18.7 Å². The highest BCUT2D eigenvalue weighted by molar-refractivity contribution is 6.39. The number of methoxy groups -OCH3 is 2. The van der Waals surface area contributed by atoms with Crippen LogP contribution in [0.4, 0.5) is 0 Å². The summed E-state index contributed by atoms with van der Waals surface area (Å²) in [4.78, 5) is 12.3. The van der Waals surface area contributed by atoms with Crippen molar-refractivity contribution in [3.05, 3.63) is 39.6 Å². The molecular formula is C15H13Cl2NO5. The maximum absolute atomic E-state index is 12.3. The molecule has 1 saturated heterocycles. The predicted octanol–water partition coefficient (Wildman–Crippen LogP) is 3.31. The number of halogens is 2. The molecule has 0 spiro atoms. The van der Waals surface area contributed by atoms with Crippen molar-refractivity contribution in [2.75, 3.05) is 27.4 Å². The lowest BCUT2D eigenvalue weighted by atomic mass is 9.92. The van der Waals surface area contributed by atoms with Crippen LogP contribution in [-0.2, 0) is 19.8 Å². The first-order valence-electron chi connectivity index (χ1n) is 6.70. The number of hydrogen-bond acceptors (Lipinski definition) is 6. The number of rotatable bonds is 4. The Morgan fingerprint density at radius 2 is 1.91 bits per heavy atom. The fourth-order valence-electron chi connectivity index (χ4n) is 2.42. The van der Waals surface area contributed by atoms with Crippen LogP contribution >= 0.6 is 23.2 Å². The summed E-state index contributed by atoms with van der Waals surface area (Å²) in [6.45, 7) is 0.497. The Labute approximate surface area is 142 Å². The summed E-state index contributed by atoms with van der Waals surface area (Å²) in [6, 6.07) is 5.00. The Morgan fingerprint density at radius 3 is 2.39 bits per heavy atom. The number of carbonyl (C=O) groups is 1. The van der Waals surface area contributed by atoms with Gasteiger partial charge in [0.05, 0.1) is 30.4 Å². The molecule has 23 heavy (non-hydrogen) atoms. The zero-order valence-corrected chi connectivity index (χ0v) is 13.9. The van der Waals surface area contributed by atoms with Crippen LogP contribution in [0.2, 0.25) is 10.0 Å².